The zero-order chi connectivity index (χ0) is 96.9. The number of rotatable bonds is 22. The molecule has 24 rings (SSSR count). The first-order valence-electron chi connectivity index (χ1n) is 54.5. The van der Waals surface area contributed by atoms with E-state index >= 15 is 0 Å². The fourth-order valence-corrected chi connectivity index (χ4v) is 29.2. The molecule has 3 N–H and O–H groups in total. The van der Waals surface area contributed by atoms with Crippen molar-refractivity contribution in [2.24, 2.45) is 94.7 Å². The number of benzene rings is 6. The van der Waals surface area contributed by atoms with Crippen LogP contribution in [0.1, 0.15) is 141 Å². The highest BCUT2D eigenvalue weighted by Gasteiger charge is 2.48. The molecule has 18 atom stereocenters. The van der Waals surface area contributed by atoms with Crippen LogP contribution >= 0.6 is 11.6 Å². The van der Waals surface area contributed by atoms with Gasteiger partial charge in [0.2, 0.25) is 0 Å². The number of hydrogen-bond acceptors (Lipinski definition) is 19. The second-order valence-electron chi connectivity index (χ2n) is 44.3. The lowest BCUT2D eigenvalue weighted by molar-refractivity contribution is -0.274. The molecule has 141 heavy (non-hydrogen) atoms. The summed E-state index contributed by atoms with van der Waals surface area (Å²) in [5.74, 6) is 16.8. The summed E-state index contributed by atoms with van der Waals surface area (Å²) in [7, 11) is 4.87. The van der Waals surface area contributed by atoms with E-state index in [4.69, 9.17) is 31.1 Å². The Labute approximate surface area is 843 Å². The molecule has 6 aliphatic heterocycles. The van der Waals surface area contributed by atoms with Crippen LogP contribution in [0.2, 0.25) is 5.02 Å². The quantitative estimate of drug-likeness (QED) is 0.0548. The van der Waals surface area contributed by atoms with Crippen LogP contribution in [-0.2, 0) is 4.74 Å². The number of hydrogen-bond donors (Lipinski definition) is 3. The van der Waals surface area contributed by atoms with E-state index in [0.717, 1.165) is 289 Å². The summed E-state index contributed by atoms with van der Waals surface area (Å²) in [4.78, 5) is 53.5. The summed E-state index contributed by atoms with van der Waals surface area (Å²) in [6, 6.07) is 48.7. The number of urea groups is 1. The number of halogens is 4. The first kappa shape index (κ1) is 101. The predicted octanol–water partition coefficient (Wildman–Crippen LogP) is 20.3. The second kappa shape index (κ2) is 47.4. The van der Waals surface area contributed by atoms with Crippen molar-refractivity contribution in [1.82, 2.24) is 34.7 Å². The zero-order valence-corrected chi connectivity index (χ0v) is 85.2. The number of fused-ring (bicyclic) bond motifs is 11. The van der Waals surface area contributed by atoms with E-state index < -0.39 is 12.5 Å². The van der Waals surface area contributed by atoms with Crippen LogP contribution in [0.3, 0.4) is 0 Å². The van der Waals surface area contributed by atoms with E-state index in [1.807, 2.05) is 78.6 Å². The number of nitrogens with zero attached hydrogens (tertiary/aromatic N) is 13. The van der Waals surface area contributed by atoms with Crippen molar-refractivity contribution in [3.63, 3.8) is 0 Å². The second-order valence-corrected chi connectivity index (χ2v) is 44.7. The van der Waals surface area contributed by atoms with Crippen molar-refractivity contribution in [3.05, 3.63) is 174 Å². The third-order valence-corrected chi connectivity index (χ3v) is 36.7. The Kier molecular flexibility index (Phi) is 33.8. The van der Waals surface area contributed by atoms with Crippen molar-refractivity contribution < 1.29 is 41.7 Å². The predicted molar refractivity (Wildman–Crippen MR) is 563 cm³/mol. The fourth-order valence-electron chi connectivity index (χ4n) is 28.9. The lowest BCUT2D eigenvalue weighted by atomic mass is 9.72. The summed E-state index contributed by atoms with van der Waals surface area (Å²) < 4.78 is 57.7. The number of nitriles is 1. The van der Waals surface area contributed by atoms with E-state index in [2.05, 4.69) is 153 Å². The summed E-state index contributed by atoms with van der Waals surface area (Å²) >= 11 is 6.31. The van der Waals surface area contributed by atoms with E-state index in [1.54, 1.807) is 32.4 Å². The molecule has 22 nitrogen and oxygen atoms in total. The number of ether oxygens (including phenoxy) is 4. The summed E-state index contributed by atoms with van der Waals surface area (Å²) in [6.07, 6.45) is 33.7. The SMILES string of the molecule is CCNC(=O)Nc1ccccc1N1CCN(CC2CCC3CCC32)CC1.COC(=O)Nc1ccccc1N1CCN(CC2CC3CCC2C3)CC1.COc1ccc(C#N)cc1N1CCN(C2CC3CCC2C3)CC1.COc1ccccc1N1CCN(C2CC3CCC2C3)CC1.Clc1ccccc1N1CCN(CC2CC3C=CC2C3)CC1.FC(F)(F)Oc1ccccc1N1CCN(CC2CC3C=CC2C3)CC1. The molecule has 0 aromatic heterocycles. The monoisotopic (exact) mass is 1950 g/mol. The number of alkyl halides is 3. The number of carbonyl (C=O) groups is 2. The number of para-hydroxylation sites is 9. The van der Waals surface area contributed by atoms with Crippen LogP contribution in [0.15, 0.2) is 164 Å². The number of amides is 3. The Morgan fingerprint density at radius 2 is 0.794 bits per heavy atom. The maximum Gasteiger partial charge on any atom is 0.573 e. The van der Waals surface area contributed by atoms with Crippen LogP contribution in [0.25, 0.3) is 0 Å². The standard InChI is InChI=1S/C21H32N4O.C20H29N3O2.C19H23F3N2O.C19H25N3O.C18H23ClN2.C18H26N2O/c1-2-22-21(26)23-19-5-3-4-6-20(19)25-13-11-24(12-14-25)15-17-8-7-16-9-10-18(16)17;1-25-20(24)21-18-4-2-3-5-19(18)23-10-8-22(9-11-23)14-17-13-15-6-7-16(17)12-15;20-19(21,22)25-18-4-2-1-3-17(18)24-9-7-23(8-10-24)13-16-12-14-5-6-15(16)11-14;1-23-19-5-3-15(13-20)12-18(19)22-8-6-21(7-9-22)17-11-14-2-4-16(17)10-14;19-17-3-1-2-4-18(17)21-9-7-20(8-10-21)13-16-12-14-5-6-15(16)11-14;1-21-18-5-3-2-4-16(18)19-8-10-20(11-9-19)17-13-14-6-7-15(17)12-14/h3-6,16-18H,2,7-15H2,1H3,(H2,22,23,26);2-5,15-17H,6-14H2,1H3,(H,21,24);1-6,14-16H,7-13H2;3,5,12,14,16-17H,2,4,6-11H2,1H3;1-6,14-16H,7-13H2;2-5,14-15,17H,6-13H2,1H3. The van der Waals surface area contributed by atoms with E-state index in [1.165, 1.54) is 199 Å². The first-order valence-corrected chi connectivity index (χ1v) is 54.9. The molecule has 0 spiro atoms. The van der Waals surface area contributed by atoms with Gasteiger partial charge in [-0.3, -0.25) is 34.7 Å². The third-order valence-electron chi connectivity index (χ3n) is 36.3. The summed E-state index contributed by atoms with van der Waals surface area (Å²) in [5, 5.41) is 18.7. The Morgan fingerprint density at radius 3 is 1.21 bits per heavy atom. The molecule has 16 fully saturated rings. The minimum absolute atomic E-state index is 0.110. The van der Waals surface area contributed by atoms with E-state index in [-0.39, 0.29) is 11.8 Å². The van der Waals surface area contributed by atoms with Crippen molar-refractivity contribution in [2.75, 3.05) is 251 Å². The fraction of sp³-hybridized carbons (Fsp3) is 0.626. The van der Waals surface area contributed by atoms with Crippen molar-refractivity contribution in [3.8, 4) is 23.3 Å². The van der Waals surface area contributed by atoms with Gasteiger partial charge < -0.3 is 59.0 Å². The number of nitrogens with one attached hydrogen (secondary N) is 3. The maximum absolute atomic E-state index is 12.6. The summed E-state index contributed by atoms with van der Waals surface area (Å²) in [5.41, 5.74) is 8.72. The van der Waals surface area contributed by atoms with Gasteiger partial charge in [0.1, 0.15) is 11.5 Å². The van der Waals surface area contributed by atoms with Crippen LogP contribution in [0.4, 0.5) is 68.3 Å². The highest BCUT2D eigenvalue weighted by atomic mass is 35.5. The van der Waals surface area contributed by atoms with Crippen molar-refractivity contribution in [1.29, 1.82) is 5.26 Å². The molecular weight excluding hydrogens is 1790 g/mol. The molecule has 0 radical (unpaired) electrons. The van der Waals surface area contributed by atoms with E-state index in [9.17, 15) is 22.8 Å². The highest BCUT2D eigenvalue weighted by molar-refractivity contribution is 6.33. The zero-order valence-electron chi connectivity index (χ0n) is 84.4. The van der Waals surface area contributed by atoms with Gasteiger partial charge in [0, 0.05) is 202 Å². The van der Waals surface area contributed by atoms with Gasteiger partial charge in [-0.1, -0.05) is 116 Å². The van der Waals surface area contributed by atoms with Gasteiger partial charge in [-0.05, 0) is 290 Å². The Hall–Kier alpha value is -9.13. The molecule has 12 aliphatic carbocycles. The molecule has 10 saturated carbocycles. The Bertz CT molecular complexity index is 5150. The Morgan fingerprint density at radius 1 is 0.390 bits per heavy atom. The van der Waals surface area contributed by atoms with Crippen LogP contribution in [0, 0.1) is 106 Å². The van der Waals surface area contributed by atoms with Gasteiger partial charge in [-0.25, -0.2) is 9.59 Å². The van der Waals surface area contributed by atoms with Gasteiger partial charge in [0.25, 0.3) is 0 Å². The Balaban J connectivity index is 0.000000108. The maximum atomic E-state index is 12.6. The lowest BCUT2D eigenvalue weighted by Crippen LogP contribution is -2.51. The molecule has 18 aliphatic rings. The molecule has 3 amide bonds. The highest BCUT2D eigenvalue weighted by Crippen LogP contribution is 2.54. The number of piperazine rings is 6. The minimum atomic E-state index is -4.66. The van der Waals surface area contributed by atoms with Crippen molar-refractivity contribution in [2.45, 2.75) is 154 Å². The lowest BCUT2D eigenvalue weighted by Gasteiger charge is -2.42. The molecule has 6 aromatic rings. The van der Waals surface area contributed by atoms with Gasteiger partial charge >= 0.3 is 18.5 Å². The van der Waals surface area contributed by atoms with Gasteiger partial charge in [-0.15, -0.1) is 13.2 Å². The number of allylic oxidation sites excluding steroid dienone is 4. The van der Waals surface area contributed by atoms with Crippen LogP contribution < -0.4 is 59.6 Å². The average Bonchev–Trinajstić information content (AvgIpc) is 1.66. The molecule has 18 unspecified atom stereocenters. The first-order chi connectivity index (χ1) is 68.9. The van der Waals surface area contributed by atoms with E-state index in [0.29, 0.717) is 17.8 Å². The minimum Gasteiger partial charge on any atom is -0.495 e. The number of carbonyl (C=O) groups excluding carboxylic acids is 2. The molecule has 10 bridgehead atoms. The summed E-state index contributed by atoms with van der Waals surface area (Å²) in [6.45, 7) is 32.9. The van der Waals surface area contributed by atoms with Crippen LogP contribution in [-0.4, -0.2) is 271 Å². The normalized spacial score (nSPS) is 30.2. The molecule has 6 saturated heterocycles. The largest absolute Gasteiger partial charge is 0.573 e. The third kappa shape index (κ3) is 25.2. The van der Waals surface area contributed by atoms with Gasteiger partial charge in [0.15, 0.2) is 5.75 Å². The average molecular weight is 1950 g/mol. The smallest absolute Gasteiger partial charge is 0.495 e. The van der Waals surface area contributed by atoms with Gasteiger partial charge in [0.05, 0.1) is 83.5 Å². The van der Waals surface area contributed by atoms with Crippen LogP contribution in [0.5, 0.6) is 17.2 Å². The number of methoxy groups -OCH3 is 3. The molecule has 6 aromatic carbocycles. The topological polar surface area (TPSA) is 170 Å². The molecular formula is C115H158ClF3N16O6. The molecule has 26 heteroatoms. The van der Waals surface area contributed by atoms with Crippen molar-refractivity contribution >= 4 is 69.2 Å². The number of anilines is 8. The molecule has 6 heterocycles. The van der Waals surface area contributed by atoms with Gasteiger partial charge in [-0.2, -0.15) is 5.26 Å². The molecule has 762 valence electrons.